The minimum absolute atomic E-state index is 0.643. The zero-order valence-electron chi connectivity index (χ0n) is 12.6. The maximum atomic E-state index is 6.35. The molecule has 1 saturated heterocycles. The molecule has 1 fully saturated rings. The van der Waals surface area contributed by atoms with E-state index in [0.717, 1.165) is 37.6 Å². The number of hydrogen-bond donors (Lipinski definition) is 1. The molecule has 1 aromatic carbocycles. The van der Waals surface area contributed by atoms with Gasteiger partial charge in [0.15, 0.2) is 0 Å². The van der Waals surface area contributed by atoms with Gasteiger partial charge in [-0.05, 0) is 50.2 Å². The van der Waals surface area contributed by atoms with Crippen LogP contribution in [0.15, 0.2) is 18.2 Å². The Morgan fingerprint density at radius 3 is 2.75 bits per heavy atom. The molecule has 112 valence electrons. The van der Waals surface area contributed by atoms with Crippen molar-refractivity contribution in [2.45, 2.75) is 32.7 Å². The maximum Gasteiger partial charge on any atom is 0.0459 e. The molecule has 20 heavy (non-hydrogen) atoms. The van der Waals surface area contributed by atoms with Crippen LogP contribution < -0.4 is 10.6 Å². The minimum atomic E-state index is 0.643. The van der Waals surface area contributed by atoms with Crippen molar-refractivity contribution in [2.75, 3.05) is 37.6 Å². The van der Waals surface area contributed by atoms with Gasteiger partial charge >= 0.3 is 0 Å². The number of nitrogens with two attached hydrogens (primary N) is 1. The molecule has 1 aliphatic heterocycles. The third-order valence-corrected chi connectivity index (χ3v) is 4.68. The molecule has 0 aromatic heterocycles. The van der Waals surface area contributed by atoms with Gasteiger partial charge in [-0.3, -0.25) is 4.90 Å². The lowest BCUT2D eigenvalue weighted by Crippen LogP contribution is -2.37. The summed E-state index contributed by atoms with van der Waals surface area (Å²) >= 11 is 6.35. The lowest BCUT2D eigenvalue weighted by atomic mass is 10.1. The Bertz CT molecular complexity index is 432. The van der Waals surface area contributed by atoms with Crippen LogP contribution in [0.4, 0.5) is 5.69 Å². The van der Waals surface area contributed by atoms with Crippen LogP contribution >= 0.6 is 11.6 Å². The van der Waals surface area contributed by atoms with E-state index in [1.54, 1.807) is 0 Å². The monoisotopic (exact) mass is 295 g/mol. The number of rotatable bonds is 6. The summed E-state index contributed by atoms with van der Waals surface area (Å²) in [5, 5.41) is 0.847. The summed E-state index contributed by atoms with van der Waals surface area (Å²) in [5.41, 5.74) is 8.21. The van der Waals surface area contributed by atoms with Crippen LogP contribution in [0.3, 0.4) is 0 Å². The molecule has 0 radical (unpaired) electrons. The van der Waals surface area contributed by atoms with Crippen molar-refractivity contribution in [3.05, 3.63) is 28.8 Å². The Hall–Kier alpha value is -0.770. The quantitative estimate of drug-likeness (QED) is 0.876. The molecule has 1 aromatic rings. The number of benzene rings is 1. The molecule has 0 saturated carbocycles. The molecule has 0 bridgehead atoms. The number of hydrogen-bond acceptors (Lipinski definition) is 3. The van der Waals surface area contributed by atoms with Crippen LogP contribution in [0.1, 0.15) is 25.8 Å². The first-order chi connectivity index (χ1) is 9.71. The summed E-state index contributed by atoms with van der Waals surface area (Å²) in [6, 6.07) is 6.85. The summed E-state index contributed by atoms with van der Waals surface area (Å²) in [6.45, 7) is 9.58. The second kappa shape index (κ2) is 7.30. The Balaban J connectivity index is 2.15. The summed E-state index contributed by atoms with van der Waals surface area (Å²) in [5.74, 6) is 0. The Morgan fingerprint density at radius 2 is 2.10 bits per heavy atom. The van der Waals surface area contributed by atoms with E-state index in [2.05, 4.69) is 29.7 Å². The van der Waals surface area contributed by atoms with Crippen LogP contribution in [0.5, 0.6) is 0 Å². The normalized spacial score (nSPS) is 19.1. The molecule has 1 unspecified atom stereocenters. The highest BCUT2D eigenvalue weighted by atomic mass is 35.5. The Labute approximate surface area is 127 Å². The highest BCUT2D eigenvalue weighted by Gasteiger charge is 2.27. The van der Waals surface area contributed by atoms with Gasteiger partial charge in [0.2, 0.25) is 0 Å². The van der Waals surface area contributed by atoms with Crippen LogP contribution in [0, 0.1) is 0 Å². The fraction of sp³-hybridized carbons (Fsp3) is 0.625. The van der Waals surface area contributed by atoms with Crippen LogP contribution in [-0.2, 0) is 6.42 Å². The first kappa shape index (κ1) is 15.6. The van der Waals surface area contributed by atoms with Crippen molar-refractivity contribution in [3.63, 3.8) is 0 Å². The fourth-order valence-electron chi connectivity index (χ4n) is 3.23. The first-order valence-electron chi connectivity index (χ1n) is 7.67. The average Bonchev–Trinajstić information content (AvgIpc) is 2.92. The number of halogens is 1. The Kier molecular flexibility index (Phi) is 5.70. The van der Waals surface area contributed by atoms with E-state index in [1.807, 2.05) is 12.1 Å². The molecule has 1 atom stereocenters. The maximum absolute atomic E-state index is 6.35. The van der Waals surface area contributed by atoms with Crippen molar-refractivity contribution in [1.82, 2.24) is 4.90 Å². The lowest BCUT2D eigenvalue weighted by molar-refractivity contribution is 0.232. The van der Waals surface area contributed by atoms with Gasteiger partial charge in [0.1, 0.15) is 0 Å². The molecular weight excluding hydrogens is 270 g/mol. The zero-order valence-corrected chi connectivity index (χ0v) is 13.4. The van der Waals surface area contributed by atoms with Gasteiger partial charge in [-0.2, -0.15) is 0 Å². The summed E-state index contributed by atoms with van der Waals surface area (Å²) in [4.78, 5) is 5.02. The second-order valence-corrected chi connectivity index (χ2v) is 5.79. The van der Waals surface area contributed by atoms with E-state index < -0.39 is 0 Å². The van der Waals surface area contributed by atoms with Crippen molar-refractivity contribution in [1.29, 1.82) is 0 Å². The van der Waals surface area contributed by atoms with Crippen molar-refractivity contribution in [2.24, 2.45) is 5.73 Å². The molecule has 0 spiro atoms. The molecule has 3 nitrogen and oxygen atoms in total. The van der Waals surface area contributed by atoms with Gasteiger partial charge in [-0.15, -0.1) is 0 Å². The highest BCUT2D eigenvalue weighted by molar-refractivity contribution is 6.31. The standard InChI is InChI=1S/C16H26ClN3/c1-3-19(4-2)13-9-11-20(12-13)16-7-5-6-15(17)14(16)8-10-18/h5-7,13H,3-4,8-12,18H2,1-2H3. The molecule has 0 amide bonds. The van der Waals surface area contributed by atoms with Crippen LogP contribution in [0.2, 0.25) is 5.02 Å². The van der Waals surface area contributed by atoms with E-state index in [-0.39, 0.29) is 0 Å². The summed E-state index contributed by atoms with van der Waals surface area (Å²) < 4.78 is 0. The summed E-state index contributed by atoms with van der Waals surface area (Å²) in [7, 11) is 0. The van der Waals surface area contributed by atoms with Gasteiger partial charge in [0.25, 0.3) is 0 Å². The van der Waals surface area contributed by atoms with Gasteiger partial charge in [0.05, 0.1) is 0 Å². The smallest absolute Gasteiger partial charge is 0.0459 e. The largest absolute Gasteiger partial charge is 0.370 e. The fourth-order valence-corrected chi connectivity index (χ4v) is 3.50. The first-order valence-corrected chi connectivity index (χ1v) is 8.05. The SMILES string of the molecule is CCN(CC)C1CCN(c2cccc(Cl)c2CCN)C1. The lowest BCUT2D eigenvalue weighted by Gasteiger charge is -2.27. The van der Waals surface area contributed by atoms with Crippen molar-refractivity contribution >= 4 is 17.3 Å². The van der Waals surface area contributed by atoms with Crippen molar-refractivity contribution < 1.29 is 0 Å². The topological polar surface area (TPSA) is 32.5 Å². The minimum Gasteiger partial charge on any atom is -0.370 e. The van der Waals surface area contributed by atoms with Crippen molar-refractivity contribution in [3.8, 4) is 0 Å². The van der Waals surface area contributed by atoms with Gasteiger partial charge in [0, 0.05) is 29.8 Å². The highest BCUT2D eigenvalue weighted by Crippen LogP contribution is 2.31. The Morgan fingerprint density at radius 1 is 1.35 bits per heavy atom. The molecule has 2 N–H and O–H groups in total. The number of nitrogens with zero attached hydrogens (tertiary/aromatic N) is 2. The molecule has 1 heterocycles. The number of likely N-dealkylation sites (N-methyl/N-ethyl adjacent to an activating group) is 1. The van der Waals surface area contributed by atoms with Gasteiger partial charge in [-0.25, -0.2) is 0 Å². The van der Waals surface area contributed by atoms with Gasteiger partial charge < -0.3 is 10.6 Å². The number of anilines is 1. The predicted octanol–water partition coefficient (Wildman–Crippen LogP) is 2.76. The zero-order chi connectivity index (χ0) is 14.5. The van der Waals surface area contributed by atoms with E-state index in [1.165, 1.54) is 17.7 Å². The summed E-state index contributed by atoms with van der Waals surface area (Å²) in [6.07, 6.45) is 2.08. The molecule has 0 aliphatic carbocycles. The molecule has 4 heteroatoms. The van der Waals surface area contributed by atoms with Crippen LogP contribution in [-0.4, -0.2) is 43.7 Å². The predicted molar refractivity (Wildman–Crippen MR) is 87.7 cm³/mol. The molecule has 2 rings (SSSR count). The molecule has 1 aliphatic rings. The average molecular weight is 296 g/mol. The van der Waals surface area contributed by atoms with E-state index in [0.29, 0.717) is 12.6 Å². The molecular formula is C16H26ClN3. The van der Waals surface area contributed by atoms with Crippen LogP contribution in [0.25, 0.3) is 0 Å². The van der Waals surface area contributed by atoms with E-state index >= 15 is 0 Å². The third kappa shape index (κ3) is 3.27. The van der Waals surface area contributed by atoms with E-state index in [4.69, 9.17) is 17.3 Å². The second-order valence-electron chi connectivity index (χ2n) is 5.39. The van der Waals surface area contributed by atoms with Gasteiger partial charge in [-0.1, -0.05) is 31.5 Å². The third-order valence-electron chi connectivity index (χ3n) is 4.32. The van der Waals surface area contributed by atoms with E-state index in [9.17, 15) is 0 Å².